The van der Waals surface area contributed by atoms with Gasteiger partial charge in [-0.3, -0.25) is 0 Å². The first-order valence-electron chi connectivity index (χ1n) is 2.73. The molecular weight excluding hydrogens is 166 g/mol. The lowest BCUT2D eigenvalue weighted by Gasteiger charge is -2.15. The van der Waals surface area contributed by atoms with Crippen LogP contribution in [0.3, 0.4) is 0 Å². The van der Waals surface area contributed by atoms with Gasteiger partial charge in [0.05, 0.1) is 0 Å². The quantitative estimate of drug-likeness (QED) is 0.652. The Morgan fingerprint density at radius 1 is 1.67 bits per heavy atom. The second kappa shape index (κ2) is 3.59. The van der Waals surface area contributed by atoms with Gasteiger partial charge in [0.25, 0.3) is 4.59 Å². The van der Waals surface area contributed by atoms with Crippen molar-refractivity contribution in [1.29, 1.82) is 0 Å². The lowest BCUT2D eigenvalue weighted by atomic mass is 10.2. The molecule has 4 heteroatoms. The van der Waals surface area contributed by atoms with Gasteiger partial charge in [-0.2, -0.15) is 0 Å². The number of hydrogen-bond donors (Lipinski definition) is 1. The van der Waals surface area contributed by atoms with Crippen LogP contribution in [0, 0.1) is 0 Å². The van der Waals surface area contributed by atoms with Gasteiger partial charge in [0.15, 0.2) is 0 Å². The molecule has 0 bridgehead atoms. The molecular formula is C5H9Cl2FO. The molecule has 0 spiro atoms. The first-order valence-corrected chi connectivity index (χ1v) is 3.49. The van der Waals surface area contributed by atoms with Gasteiger partial charge in [0.2, 0.25) is 0 Å². The number of rotatable bonds is 3. The minimum absolute atomic E-state index is 0.281. The third-order valence-corrected chi connectivity index (χ3v) is 1.44. The highest BCUT2D eigenvalue weighted by atomic mass is 35.5. The molecule has 0 unspecified atom stereocenters. The molecule has 1 nitrogen and oxygen atoms in total. The van der Waals surface area contributed by atoms with Crippen LogP contribution in [-0.4, -0.2) is 15.8 Å². The van der Waals surface area contributed by atoms with Crippen LogP contribution in [0.25, 0.3) is 0 Å². The summed E-state index contributed by atoms with van der Waals surface area (Å²) in [5.74, 6) is 0. The van der Waals surface area contributed by atoms with E-state index in [4.69, 9.17) is 28.3 Å². The van der Waals surface area contributed by atoms with Crippen molar-refractivity contribution >= 4 is 23.2 Å². The summed E-state index contributed by atoms with van der Waals surface area (Å²) in [6.07, 6.45) is -0.332. The number of aliphatic hydroxyl groups excluding tert-OH is 1. The largest absolute Gasteiger partial charge is 0.387 e. The maximum Gasteiger partial charge on any atom is 0.283 e. The molecule has 0 fully saturated rings. The van der Waals surface area contributed by atoms with Gasteiger partial charge in [-0.15, -0.1) is 0 Å². The molecule has 0 saturated carbocycles. The molecule has 1 atom stereocenters. The zero-order chi connectivity index (χ0) is 7.49. The second-order valence-electron chi connectivity index (χ2n) is 1.85. The second-order valence-corrected chi connectivity index (χ2v) is 3.14. The summed E-state index contributed by atoms with van der Waals surface area (Å²) < 4.78 is 9.76. The Balaban J connectivity index is 3.59. The van der Waals surface area contributed by atoms with Crippen LogP contribution in [0.2, 0.25) is 0 Å². The van der Waals surface area contributed by atoms with Crippen molar-refractivity contribution in [2.45, 2.75) is 30.5 Å². The van der Waals surface area contributed by atoms with Crippen LogP contribution in [0.4, 0.5) is 4.39 Å². The van der Waals surface area contributed by atoms with Gasteiger partial charge in [-0.25, -0.2) is 4.39 Å². The van der Waals surface area contributed by atoms with Crippen molar-refractivity contribution < 1.29 is 9.50 Å². The monoisotopic (exact) mass is 174 g/mol. The molecule has 0 radical (unpaired) electrons. The van der Waals surface area contributed by atoms with Gasteiger partial charge < -0.3 is 5.11 Å². The maximum absolute atomic E-state index is 12.3. The van der Waals surface area contributed by atoms with Crippen molar-refractivity contribution in [2.75, 3.05) is 0 Å². The van der Waals surface area contributed by atoms with E-state index in [9.17, 15) is 4.39 Å². The van der Waals surface area contributed by atoms with E-state index in [2.05, 4.69) is 0 Å². The molecule has 0 aliphatic carbocycles. The molecule has 0 aliphatic heterocycles. The summed E-state index contributed by atoms with van der Waals surface area (Å²) >= 11 is 9.82. The van der Waals surface area contributed by atoms with E-state index >= 15 is 0 Å². The van der Waals surface area contributed by atoms with E-state index in [0.717, 1.165) is 0 Å². The molecule has 1 N–H and O–H groups in total. The number of halogens is 3. The fourth-order valence-corrected chi connectivity index (χ4v) is 0.655. The zero-order valence-electron chi connectivity index (χ0n) is 5.07. The number of hydrogen-bond acceptors (Lipinski definition) is 1. The molecule has 0 aromatic rings. The predicted octanol–water partition coefficient (Wildman–Crippen LogP) is 2.25. The Morgan fingerprint density at radius 3 is 2.22 bits per heavy atom. The fraction of sp³-hybridized carbons (Fsp3) is 1.00. The van der Waals surface area contributed by atoms with Gasteiger partial charge in [0.1, 0.15) is 6.10 Å². The van der Waals surface area contributed by atoms with Crippen molar-refractivity contribution in [1.82, 2.24) is 0 Å². The molecule has 0 heterocycles. The Hall–Kier alpha value is 0.470. The minimum Gasteiger partial charge on any atom is -0.387 e. The first kappa shape index (κ1) is 9.47. The topological polar surface area (TPSA) is 20.2 Å². The van der Waals surface area contributed by atoms with E-state index in [0.29, 0.717) is 6.42 Å². The Bertz CT molecular complexity index is 81.5. The van der Waals surface area contributed by atoms with Crippen molar-refractivity contribution in [3.63, 3.8) is 0 Å². The van der Waals surface area contributed by atoms with Gasteiger partial charge >= 0.3 is 0 Å². The molecule has 0 aliphatic rings. The molecule has 9 heavy (non-hydrogen) atoms. The normalized spacial score (nSPS) is 15.7. The molecule has 56 valence electrons. The van der Waals surface area contributed by atoms with Crippen LogP contribution in [-0.2, 0) is 0 Å². The minimum atomic E-state index is -2.49. The highest BCUT2D eigenvalue weighted by Crippen LogP contribution is 2.28. The summed E-state index contributed by atoms with van der Waals surface area (Å²) in [5, 5.41) is 8.75. The van der Waals surface area contributed by atoms with E-state index in [1.54, 1.807) is 0 Å². The average molecular weight is 175 g/mol. The average Bonchev–Trinajstić information content (AvgIpc) is 1.64. The third-order valence-electron chi connectivity index (χ3n) is 0.940. The van der Waals surface area contributed by atoms with Crippen molar-refractivity contribution in [3.05, 3.63) is 0 Å². The fourth-order valence-electron chi connectivity index (χ4n) is 0.437. The molecule has 0 aromatic carbocycles. The van der Waals surface area contributed by atoms with Gasteiger partial charge in [0, 0.05) is 0 Å². The summed E-state index contributed by atoms with van der Waals surface area (Å²) in [6.45, 7) is 1.81. The van der Waals surface area contributed by atoms with E-state index < -0.39 is 10.7 Å². The van der Waals surface area contributed by atoms with E-state index in [1.165, 1.54) is 0 Å². The first-order chi connectivity index (χ1) is 3.98. The summed E-state index contributed by atoms with van der Waals surface area (Å²) in [5.41, 5.74) is 0. The van der Waals surface area contributed by atoms with Crippen LogP contribution < -0.4 is 0 Å². The Kier molecular flexibility index (Phi) is 3.78. The van der Waals surface area contributed by atoms with Crippen molar-refractivity contribution in [3.8, 4) is 0 Å². The molecule has 0 amide bonds. The zero-order valence-corrected chi connectivity index (χ0v) is 6.58. The summed E-state index contributed by atoms with van der Waals surface area (Å²) in [7, 11) is 0. The van der Waals surface area contributed by atoms with E-state index in [1.807, 2.05) is 6.92 Å². The van der Waals surface area contributed by atoms with E-state index in [-0.39, 0.29) is 6.42 Å². The summed E-state index contributed by atoms with van der Waals surface area (Å²) in [4.78, 5) is 0. The Labute approximate surface area is 63.8 Å². The predicted molar refractivity (Wildman–Crippen MR) is 36.5 cm³/mol. The SMILES string of the molecule is CCC[C@H](O)C(F)(Cl)Cl. The number of alkyl halides is 3. The standard InChI is InChI=1S/C5H9Cl2FO/c1-2-3-4(9)5(6,7)8/h4,9H,2-3H2,1H3/t4-/m0/s1. The Morgan fingerprint density at radius 2 is 2.11 bits per heavy atom. The van der Waals surface area contributed by atoms with Gasteiger partial charge in [-0.1, -0.05) is 36.5 Å². The van der Waals surface area contributed by atoms with Crippen LogP contribution in [0.15, 0.2) is 0 Å². The van der Waals surface area contributed by atoms with Crippen LogP contribution in [0.1, 0.15) is 19.8 Å². The summed E-state index contributed by atoms with van der Waals surface area (Å²) in [6, 6.07) is 0. The number of aliphatic hydroxyl groups is 1. The maximum atomic E-state index is 12.3. The molecule has 0 aromatic heterocycles. The highest BCUT2D eigenvalue weighted by Gasteiger charge is 2.31. The molecule has 0 rings (SSSR count). The third kappa shape index (κ3) is 3.95. The van der Waals surface area contributed by atoms with Gasteiger partial charge in [-0.05, 0) is 6.42 Å². The van der Waals surface area contributed by atoms with Crippen molar-refractivity contribution in [2.24, 2.45) is 0 Å². The smallest absolute Gasteiger partial charge is 0.283 e. The lowest BCUT2D eigenvalue weighted by Crippen LogP contribution is -2.25. The highest BCUT2D eigenvalue weighted by molar-refractivity contribution is 6.47. The lowest BCUT2D eigenvalue weighted by molar-refractivity contribution is 0.0891. The van der Waals surface area contributed by atoms with Crippen LogP contribution in [0.5, 0.6) is 0 Å². The molecule has 0 saturated heterocycles. The van der Waals surface area contributed by atoms with Crippen LogP contribution >= 0.6 is 23.2 Å².